The number of hydrogen-bond acceptors (Lipinski definition) is 3. The van der Waals surface area contributed by atoms with Crippen LogP contribution in [0.15, 0.2) is 29.2 Å². The third-order valence-corrected chi connectivity index (χ3v) is 2.52. The fourth-order valence-corrected chi connectivity index (χ4v) is 1.85. The summed E-state index contributed by atoms with van der Waals surface area (Å²) in [7, 11) is 0. The van der Waals surface area contributed by atoms with E-state index in [4.69, 9.17) is 0 Å². The van der Waals surface area contributed by atoms with Crippen molar-refractivity contribution >= 4 is 11.3 Å². The Balaban J connectivity index is 2.51. The van der Waals surface area contributed by atoms with Crippen LogP contribution in [0.1, 0.15) is 5.56 Å². The molecule has 0 aliphatic carbocycles. The van der Waals surface area contributed by atoms with Gasteiger partial charge in [-0.3, -0.25) is 0 Å². The van der Waals surface area contributed by atoms with Crippen molar-refractivity contribution < 1.29 is 0 Å². The van der Waals surface area contributed by atoms with Gasteiger partial charge in [-0.15, -0.1) is 0 Å². The second-order valence-electron chi connectivity index (χ2n) is 2.54. The van der Waals surface area contributed by atoms with Crippen LogP contribution in [0.2, 0.25) is 0 Å². The average Bonchev–Trinajstić information content (AvgIpc) is 2.53. The van der Waals surface area contributed by atoms with Crippen molar-refractivity contribution in [3.8, 4) is 11.4 Å². The van der Waals surface area contributed by atoms with Crippen LogP contribution in [0.3, 0.4) is 0 Å². The maximum atomic E-state index is 4.18. The molecule has 0 aliphatic rings. The third kappa shape index (κ3) is 1.23. The first-order chi connectivity index (χ1) is 5.88. The van der Waals surface area contributed by atoms with Gasteiger partial charge in [0.25, 0.3) is 0 Å². The molecule has 0 saturated heterocycles. The first-order valence-corrected chi connectivity index (χ1v) is 4.62. The van der Waals surface area contributed by atoms with Crippen LogP contribution in [0, 0.1) is 6.92 Å². The van der Waals surface area contributed by atoms with E-state index in [-0.39, 0.29) is 0 Å². The molecule has 3 heteroatoms. The Morgan fingerprint density at radius 1 is 1.17 bits per heavy atom. The second kappa shape index (κ2) is 3.03. The molecule has 0 atom stereocenters. The highest BCUT2D eigenvalue weighted by Crippen LogP contribution is 2.22. The van der Waals surface area contributed by atoms with Crippen molar-refractivity contribution in [2.45, 2.75) is 6.92 Å². The number of rotatable bonds is 1. The zero-order valence-electron chi connectivity index (χ0n) is 6.69. The van der Waals surface area contributed by atoms with Crippen LogP contribution < -0.4 is 0 Å². The van der Waals surface area contributed by atoms with E-state index in [0.717, 1.165) is 11.4 Å². The van der Waals surface area contributed by atoms with E-state index in [2.05, 4.69) is 27.7 Å². The summed E-state index contributed by atoms with van der Waals surface area (Å²) in [6.45, 7) is 2.07. The Kier molecular flexibility index (Phi) is 1.87. The zero-order valence-corrected chi connectivity index (χ0v) is 7.51. The molecular weight excluding hydrogens is 168 g/mol. The van der Waals surface area contributed by atoms with Gasteiger partial charge in [0, 0.05) is 23.3 Å². The minimum atomic E-state index is 0.816. The molecule has 0 spiro atoms. The summed E-state index contributed by atoms with van der Waals surface area (Å²) in [6.07, 6.45) is 3.53. The molecule has 60 valence electrons. The molecule has 2 aromatic heterocycles. The lowest BCUT2D eigenvalue weighted by Gasteiger charge is -1.95. The van der Waals surface area contributed by atoms with Crippen molar-refractivity contribution in [1.29, 1.82) is 0 Å². The van der Waals surface area contributed by atoms with Crippen LogP contribution in [0.4, 0.5) is 0 Å². The number of aryl methyl sites for hydroxylation is 1. The van der Waals surface area contributed by atoms with E-state index in [0.29, 0.717) is 0 Å². The fraction of sp³-hybridized carbons (Fsp3) is 0.111. The van der Waals surface area contributed by atoms with Crippen molar-refractivity contribution in [3.05, 3.63) is 34.8 Å². The molecule has 0 unspecified atom stereocenters. The lowest BCUT2D eigenvalue weighted by atomic mass is 10.2. The van der Waals surface area contributed by atoms with Gasteiger partial charge in [0.1, 0.15) is 0 Å². The van der Waals surface area contributed by atoms with Gasteiger partial charge in [0.2, 0.25) is 0 Å². The van der Waals surface area contributed by atoms with Crippen LogP contribution >= 0.6 is 11.3 Å². The first-order valence-electron chi connectivity index (χ1n) is 3.68. The van der Waals surface area contributed by atoms with Crippen molar-refractivity contribution in [3.63, 3.8) is 0 Å². The van der Waals surface area contributed by atoms with Gasteiger partial charge >= 0.3 is 0 Å². The second-order valence-corrected chi connectivity index (χ2v) is 3.28. The molecule has 0 aliphatic heterocycles. The molecule has 2 aromatic rings. The van der Waals surface area contributed by atoms with Crippen LogP contribution in [0.5, 0.6) is 0 Å². The zero-order chi connectivity index (χ0) is 8.39. The molecule has 2 rings (SSSR count). The van der Waals surface area contributed by atoms with Gasteiger partial charge in [-0.05, 0) is 23.9 Å². The van der Waals surface area contributed by atoms with Crippen molar-refractivity contribution in [1.82, 2.24) is 9.97 Å². The fourth-order valence-electron chi connectivity index (χ4n) is 1.03. The topological polar surface area (TPSA) is 25.8 Å². The van der Waals surface area contributed by atoms with E-state index >= 15 is 0 Å². The summed E-state index contributed by atoms with van der Waals surface area (Å²) in [6, 6.07) is 1.82. The summed E-state index contributed by atoms with van der Waals surface area (Å²) >= 11 is 1.68. The largest absolute Gasteiger partial charge is 0.237 e. The van der Waals surface area contributed by atoms with E-state index in [1.807, 2.05) is 6.07 Å². The summed E-state index contributed by atoms with van der Waals surface area (Å²) in [4.78, 5) is 8.36. The Bertz CT molecular complexity index is 367. The molecule has 0 fully saturated rings. The Labute approximate surface area is 74.9 Å². The number of hydrogen-bond donors (Lipinski definition) is 0. The van der Waals surface area contributed by atoms with Gasteiger partial charge in [0.05, 0.1) is 0 Å². The molecule has 0 aromatic carbocycles. The lowest BCUT2D eigenvalue weighted by Crippen LogP contribution is -1.85. The molecule has 0 N–H and O–H groups in total. The van der Waals surface area contributed by atoms with Gasteiger partial charge in [-0.25, -0.2) is 9.97 Å². The van der Waals surface area contributed by atoms with Crippen LogP contribution in [-0.2, 0) is 0 Å². The molecule has 0 bridgehead atoms. The normalized spacial score (nSPS) is 10.1. The predicted molar refractivity (Wildman–Crippen MR) is 50.1 cm³/mol. The Morgan fingerprint density at radius 2 is 1.92 bits per heavy atom. The quantitative estimate of drug-likeness (QED) is 0.667. The molecule has 0 saturated carbocycles. The highest BCUT2D eigenvalue weighted by atomic mass is 32.1. The molecule has 0 radical (unpaired) electrons. The number of thiophene rings is 1. The minimum Gasteiger partial charge on any atom is -0.237 e. The Morgan fingerprint density at radius 3 is 2.50 bits per heavy atom. The van der Waals surface area contributed by atoms with Gasteiger partial charge in [-0.2, -0.15) is 11.3 Å². The Hall–Kier alpha value is -1.22. The van der Waals surface area contributed by atoms with Crippen molar-refractivity contribution in [2.75, 3.05) is 0 Å². The highest BCUT2D eigenvalue weighted by molar-refractivity contribution is 7.08. The van der Waals surface area contributed by atoms with Gasteiger partial charge in [-0.1, -0.05) is 0 Å². The van der Waals surface area contributed by atoms with E-state index < -0.39 is 0 Å². The number of nitrogens with zero attached hydrogens (tertiary/aromatic N) is 2. The van der Waals surface area contributed by atoms with E-state index in [9.17, 15) is 0 Å². The summed E-state index contributed by atoms with van der Waals surface area (Å²) in [5, 5.41) is 4.18. The monoisotopic (exact) mass is 176 g/mol. The molecular formula is C9H8N2S. The standard InChI is InChI=1S/C9H8N2S/c1-7-5-12-6-8(7)9-10-3-2-4-11-9/h2-6H,1H3. The molecule has 2 nitrogen and oxygen atoms in total. The highest BCUT2D eigenvalue weighted by Gasteiger charge is 2.03. The molecule has 0 amide bonds. The SMILES string of the molecule is Cc1cscc1-c1ncccn1. The smallest absolute Gasteiger partial charge is 0.160 e. The van der Waals surface area contributed by atoms with Gasteiger partial charge < -0.3 is 0 Å². The summed E-state index contributed by atoms with van der Waals surface area (Å²) < 4.78 is 0. The van der Waals surface area contributed by atoms with Crippen LogP contribution in [0.25, 0.3) is 11.4 Å². The third-order valence-electron chi connectivity index (χ3n) is 1.66. The van der Waals surface area contributed by atoms with Crippen LogP contribution in [-0.4, -0.2) is 9.97 Å². The van der Waals surface area contributed by atoms with E-state index in [1.165, 1.54) is 5.56 Å². The lowest BCUT2D eigenvalue weighted by molar-refractivity contribution is 1.17. The molecule has 2 heterocycles. The number of aromatic nitrogens is 2. The first kappa shape index (κ1) is 7.43. The minimum absolute atomic E-state index is 0.816. The molecule has 12 heavy (non-hydrogen) atoms. The summed E-state index contributed by atoms with van der Waals surface area (Å²) in [5.41, 5.74) is 2.38. The maximum Gasteiger partial charge on any atom is 0.160 e. The van der Waals surface area contributed by atoms with E-state index in [1.54, 1.807) is 23.7 Å². The predicted octanol–water partition coefficient (Wildman–Crippen LogP) is 2.51. The summed E-state index contributed by atoms with van der Waals surface area (Å²) in [5.74, 6) is 0.816. The average molecular weight is 176 g/mol. The van der Waals surface area contributed by atoms with Gasteiger partial charge in [0.15, 0.2) is 5.82 Å². The van der Waals surface area contributed by atoms with Crippen molar-refractivity contribution in [2.24, 2.45) is 0 Å². The maximum absolute atomic E-state index is 4.18.